The molecule has 3 nitrogen and oxygen atoms in total. The zero-order valence-electron chi connectivity index (χ0n) is 12.0. The number of rotatable bonds is 2. The van der Waals surface area contributed by atoms with E-state index in [0.717, 1.165) is 18.4 Å². The number of nitrogens with two attached hydrogens (primary N) is 1. The SMILES string of the molecule is Cc1cc(N)cc(C(=O)OC2CC(C)CC(C)C2)c1. The lowest BCUT2D eigenvalue weighted by Gasteiger charge is -2.31. The molecule has 2 atom stereocenters. The van der Waals surface area contributed by atoms with Gasteiger partial charge in [0.25, 0.3) is 0 Å². The zero-order chi connectivity index (χ0) is 14.0. The van der Waals surface area contributed by atoms with Crippen molar-refractivity contribution in [1.82, 2.24) is 0 Å². The van der Waals surface area contributed by atoms with Crippen LogP contribution < -0.4 is 5.73 Å². The molecule has 3 heteroatoms. The third kappa shape index (κ3) is 3.72. The van der Waals surface area contributed by atoms with Crippen molar-refractivity contribution >= 4 is 11.7 Å². The summed E-state index contributed by atoms with van der Waals surface area (Å²) in [5.41, 5.74) is 7.92. The number of hydrogen-bond acceptors (Lipinski definition) is 3. The van der Waals surface area contributed by atoms with Crippen molar-refractivity contribution in [1.29, 1.82) is 0 Å². The fraction of sp³-hybridized carbons (Fsp3) is 0.562. The number of aryl methyl sites for hydroxylation is 1. The quantitative estimate of drug-likeness (QED) is 0.654. The van der Waals surface area contributed by atoms with Gasteiger partial charge in [0.05, 0.1) is 5.56 Å². The third-order valence-electron chi connectivity index (χ3n) is 3.74. The Bertz CT molecular complexity index is 440. The highest BCUT2D eigenvalue weighted by molar-refractivity contribution is 5.90. The van der Waals surface area contributed by atoms with Gasteiger partial charge >= 0.3 is 5.97 Å². The molecule has 0 bridgehead atoms. The summed E-state index contributed by atoms with van der Waals surface area (Å²) in [5.74, 6) is 1.01. The molecule has 0 radical (unpaired) electrons. The van der Waals surface area contributed by atoms with Crippen LogP contribution in [0.4, 0.5) is 5.69 Å². The van der Waals surface area contributed by atoms with Crippen LogP contribution in [0.15, 0.2) is 18.2 Å². The molecule has 19 heavy (non-hydrogen) atoms. The Hall–Kier alpha value is -1.51. The first kappa shape index (κ1) is 13.9. The van der Waals surface area contributed by atoms with Crippen molar-refractivity contribution in [2.75, 3.05) is 5.73 Å². The van der Waals surface area contributed by atoms with Gasteiger partial charge in [0, 0.05) is 5.69 Å². The Morgan fingerprint density at radius 2 is 1.79 bits per heavy atom. The van der Waals surface area contributed by atoms with E-state index in [-0.39, 0.29) is 12.1 Å². The second-order valence-electron chi connectivity index (χ2n) is 6.08. The average molecular weight is 261 g/mol. The van der Waals surface area contributed by atoms with E-state index in [1.807, 2.05) is 19.1 Å². The highest BCUT2D eigenvalue weighted by Gasteiger charge is 2.27. The van der Waals surface area contributed by atoms with Crippen LogP contribution in [0.3, 0.4) is 0 Å². The van der Waals surface area contributed by atoms with Crippen molar-refractivity contribution in [3.8, 4) is 0 Å². The van der Waals surface area contributed by atoms with E-state index in [0.29, 0.717) is 23.1 Å². The summed E-state index contributed by atoms with van der Waals surface area (Å²) >= 11 is 0. The number of ether oxygens (including phenoxy) is 1. The van der Waals surface area contributed by atoms with E-state index < -0.39 is 0 Å². The van der Waals surface area contributed by atoms with E-state index in [1.54, 1.807) is 6.07 Å². The zero-order valence-corrected chi connectivity index (χ0v) is 12.0. The maximum Gasteiger partial charge on any atom is 0.338 e. The smallest absolute Gasteiger partial charge is 0.338 e. The minimum absolute atomic E-state index is 0.0491. The molecule has 2 rings (SSSR count). The van der Waals surface area contributed by atoms with Crippen molar-refractivity contribution in [3.63, 3.8) is 0 Å². The van der Waals surface area contributed by atoms with Crippen molar-refractivity contribution in [2.45, 2.75) is 46.1 Å². The van der Waals surface area contributed by atoms with Crippen molar-refractivity contribution < 1.29 is 9.53 Å². The summed E-state index contributed by atoms with van der Waals surface area (Å²) in [6.07, 6.45) is 3.22. The number of esters is 1. The predicted octanol–water partition coefficient (Wildman–Crippen LogP) is 3.56. The summed E-state index contributed by atoms with van der Waals surface area (Å²) in [7, 11) is 0. The van der Waals surface area contributed by atoms with E-state index in [4.69, 9.17) is 10.5 Å². The third-order valence-corrected chi connectivity index (χ3v) is 3.74. The van der Waals surface area contributed by atoms with Gasteiger partial charge in [-0.05, 0) is 61.8 Å². The lowest BCUT2D eigenvalue weighted by atomic mass is 9.82. The largest absolute Gasteiger partial charge is 0.459 e. The fourth-order valence-corrected chi connectivity index (χ4v) is 3.12. The number of anilines is 1. The van der Waals surface area contributed by atoms with E-state index in [9.17, 15) is 4.79 Å². The van der Waals surface area contributed by atoms with Gasteiger partial charge in [-0.15, -0.1) is 0 Å². The summed E-state index contributed by atoms with van der Waals surface area (Å²) in [6.45, 7) is 6.38. The summed E-state index contributed by atoms with van der Waals surface area (Å²) in [4.78, 5) is 12.2. The molecule has 1 aromatic rings. The van der Waals surface area contributed by atoms with E-state index in [2.05, 4.69) is 13.8 Å². The second-order valence-corrected chi connectivity index (χ2v) is 6.08. The van der Waals surface area contributed by atoms with E-state index >= 15 is 0 Å². The normalized spacial score (nSPS) is 27.0. The van der Waals surface area contributed by atoms with Gasteiger partial charge in [0.2, 0.25) is 0 Å². The molecule has 0 aliphatic heterocycles. The lowest BCUT2D eigenvalue weighted by molar-refractivity contribution is 0.00805. The van der Waals surface area contributed by atoms with Gasteiger partial charge in [0.15, 0.2) is 0 Å². The first-order chi connectivity index (χ1) is 8.94. The first-order valence-electron chi connectivity index (χ1n) is 7.02. The first-order valence-corrected chi connectivity index (χ1v) is 7.02. The molecule has 104 valence electrons. The molecule has 1 aliphatic carbocycles. The standard InChI is InChI=1S/C16H23NO2/c1-10-4-11(2)8-15(7-10)19-16(18)13-5-12(3)6-14(17)9-13/h5-6,9-11,15H,4,7-8,17H2,1-3H3. The Morgan fingerprint density at radius 3 is 2.37 bits per heavy atom. The van der Waals surface area contributed by atoms with Crippen LogP contribution in [-0.2, 0) is 4.74 Å². The Labute approximate surface area is 115 Å². The summed E-state index contributed by atoms with van der Waals surface area (Å²) in [5, 5.41) is 0. The maximum atomic E-state index is 12.2. The Balaban J connectivity index is 2.04. The Kier molecular flexibility index (Phi) is 4.13. The van der Waals surface area contributed by atoms with Crippen LogP contribution in [-0.4, -0.2) is 12.1 Å². The molecule has 1 fully saturated rings. The van der Waals surface area contributed by atoms with Gasteiger partial charge in [-0.3, -0.25) is 0 Å². The van der Waals surface area contributed by atoms with Crippen molar-refractivity contribution in [2.24, 2.45) is 11.8 Å². The van der Waals surface area contributed by atoms with Gasteiger partial charge in [-0.1, -0.05) is 13.8 Å². The molecule has 0 amide bonds. The van der Waals surface area contributed by atoms with Crippen molar-refractivity contribution in [3.05, 3.63) is 29.3 Å². The van der Waals surface area contributed by atoms with Crippen LogP contribution in [0.25, 0.3) is 0 Å². The molecule has 0 saturated heterocycles. The molecule has 1 aliphatic rings. The number of carbonyl (C=O) groups is 1. The average Bonchev–Trinajstić information content (AvgIpc) is 2.25. The molecule has 1 aromatic carbocycles. The van der Waals surface area contributed by atoms with Gasteiger partial charge in [0.1, 0.15) is 6.10 Å². The topological polar surface area (TPSA) is 52.3 Å². The maximum absolute atomic E-state index is 12.2. The molecule has 0 heterocycles. The summed E-state index contributed by atoms with van der Waals surface area (Å²) < 4.78 is 5.63. The second kappa shape index (κ2) is 5.64. The minimum atomic E-state index is -0.248. The van der Waals surface area contributed by atoms with Crippen LogP contribution in [0.1, 0.15) is 49.0 Å². The molecule has 0 spiro atoms. The van der Waals surface area contributed by atoms with Crippen LogP contribution in [0.2, 0.25) is 0 Å². The molecule has 1 saturated carbocycles. The summed E-state index contributed by atoms with van der Waals surface area (Å²) in [6, 6.07) is 5.36. The van der Waals surface area contributed by atoms with Gasteiger partial charge < -0.3 is 10.5 Å². The number of nitrogen functional groups attached to an aromatic ring is 1. The number of benzene rings is 1. The molecular formula is C16H23NO2. The lowest BCUT2D eigenvalue weighted by Crippen LogP contribution is -2.28. The van der Waals surface area contributed by atoms with Crippen LogP contribution in [0, 0.1) is 18.8 Å². The van der Waals surface area contributed by atoms with Crippen LogP contribution >= 0.6 is 0 Å². The molecule has 2 N–H and O–H groups in total. The number of hydrogen-bond donors (Lipinski definition) is 1. The number of carbonyl (C=O) groups excluding carboxylic acids is 1. The highest BCUT2D eigenvalue weighted by Crippen LogP contribution is 2.30. The van der Waals surface area contributed by atoms with Crippen LogP contribution in [0.5, 0.6) is 0 Å². The van der Waals surface area contributed by atoms with E-state index in [1.165, 1.54) is 6.42 Å². The van der Waals surface area contributed by atoms with Gasteiger partial charge in [-0.2, -0.15) is 0 Å². The van der Waals surface area contributed by atoms with Gasteiger partial charge in [-0.25, -0.2) is 4.79 Å². The molecule has 0 aromatic heterocycles. The monoisotopic (exact) mass is 261 g/mol. The predicted molar refractivity (Wildman–Crippen MR) is 77.0 cm³/mol. The minimum Gasteiger partial charge on any atom is -0.459 e. The highest BCUT2D eigenvalue weighted by atomic mass is 16.5. The Morgan fingerprint density at radius 1 is 1.16 bits per heavy atom. The molecular weight excluding hydrogens is 238 g/mol. The molecule has 2 unspecified atom stereocenters. The fourth-order valence-electron chi connectivity index (χ4n) is 3.12.